The first kappa shape index (κ1) is 18.3. The zero-order chi connectivity index (χ0) is 19.1. The minimum Gasteiger partial charge on any atom is -0.494 e. The fourth-order valence-electron chi connectivity index (χ4n) is 2.48. The van der Waals surface area contributed by atoms with Crippen molar-refractivity contribution in [1.29, 1.82) is 0 Å². The number of aromatic nitrogens is 1. The van der Waals surface area contributed by atoms with Crippen LogP contribution in [0.2, 0.25) is 0 Å². The molecule has 0 aliphatic carbocycles. The summed E-state index contributed by atoms with van der Waals surface area (Å²) in [5, 5.41) is 2.87. The summed E-state index contributed by atoms with van der Waals surface area (Å²) in [7, 11) is 0. The van der Waals surface area contributed by atoms with E-state index in [4.69, 9.17) is 9.15 Å². The molecule has 1 amide bonds. The maximum Gasteiger partial charge on any atom is 0.289 e. The molecule has 1 aromatic heterocycles. The van der Waals surface area contributed by atoms with Crippen molar-refractivity contribution in [3.8, 4) is 17.6 Å². The molecule has 27 heavy (non-hydrogen) atoms. The van der Waals surface area contributed by atoms with Crippen LogP contribution in [0.5, 0.6) is 5.75 Å². The first-order valence-electron chi connectivity index (χ1n) is 8.70. The molecule has 5 heteroatoms. The van der Waals surface area contributed by atoms with Crippen LogP contribution in [0.25, 0.3) is 0 Å². The number of ether oxygens (including phenoxy) is 1. The lowest BCUT2D eigenvalue weighted by atomic mass is 10.1. The molecule has 0 aliphatic rings. The van der Waals surface area contributed by atoms with Crippen molar-refractivity contribution in [2.24, 2.45) is 0 Å². The molecule has 136 valence electrons. The Bertz CT molecular complexity index is 934. The lowest BCUT2D eigenvalue weighted by Gasteiger charge is -2.13. The Morgan fingerprint density at radius 1 is 1.11 bits per heavy atom. The molecule has 1 atom stereocenters. The van der Waals surface area contributed by atoms with Gasteiger partial charge < -0.3 is 14.5 Å². The summed E-state index contributed by atoms with van der Waals surface area (Å²) < 4.78 is 10.4. The molecule has 3 aromatic rings. The molecule has 3 rings (SSSR count). The summed E-state index contributed by atoms with van der Waals surface area (Å²) in [6.07, 6.45) is 2.62. The summed E-state index contributed by atoms with van der Waals surface area (Å²) in [6, 6.07) is 15.3. The second-order valence-corrected chi connectivity index (χ2v) is 5.89. The average molecular weight is 360 g/mol. The molecule has 0 saturated heterocycles. The number of oxazole rings is 1. The van der Waals surface area contributed by atoms with Gasteiger partial charge in [-0.05, 0) is 55.8 Å². The van der Waals surface area contributed by atoms with Crippen LogP contribution in [0, 0.1) is 11.8 Å². The average Bonchev–Trinajstić information content (AvgIpc) is 3.23. The number of rotatable bonds is 5. The predicted octanol–water partition coefficient (Wildman–Crippen LogP) is 3.96. The summed E-state index contributed by atoms with van der Waals surface area (Å²) in [5.74, 6) is 7.02. The number of hydrogen-bond acceptors (Lipinski definition) is 4. The van der Waals surface area contributed by atoms with Crippen molar-refractivity contribution < 1.29 is 13.9 Å². The minimum absolute atomic E-state index is 0.157. The minimum atomic E-state index is -0.292. The fraction of sp³-hybridized carbons (Fsp3) is 0.182. The smallest absolute Gasteiger partial charge is 0.289 e. The predicted molar refractivity (Wildman–Crippen MR) is 102 cm³/mol. The second-order valence-electron chi connectivity index (χ2n) is 5.89. The van der Waals surface area contributed by atoms with E-state index in [1.165, 1.54) is 12.6 Å². The van der Waals surface area contributed by atoms with Gasteiger partial charge >= 0.3 is 0 Å². The van der Waals surface area contributed by atoms with E-state index in [1.54, 1.807) is 0 Å². The van der Waals surface area contributed by atoms with Crippen LogP contribution in [-0.2, 0) is 0 Å². The molecule has 5 nitrogen and oxygen atoms in total. The van der Waals surface area contributed by atoms with E-state index in [9.17, 15) is 4.79 Å². The van der Waals surface area contributed by atoms with E-state index in [-0.39, 0.29) is 17.7 Å². The number of amides is 1. The highest BCUT2D eigenvalue weighted by atomic mass is 16.5. The Morgan fingerprint density at radius 2 is 1.74 bits per heavy atom. The van der Waals surface area contributed by atoms with Crippen LogP contribution in [0.4, 0.5) is 0 Å². The third-order valence-corrected chi connectivity index (χ3v) is 3.93. The van der Waals surface area contributed by atoms with Gasteiger partial charge in [-0.1, -0.05) is 24.0 Å². The zero-order valence-electron chi connectivity index (χ0n) is 15.2. The van der Waals surface area contributed by atoms with Crippen molar-refractivity contribution in [2.75, 3.05) is 6.61 Å². The van der Waals surface area contributed by atoms with Crippen LogP contribution in [0.15, 0.2) is 65.5 Å². The highest BCUT2D eigenvalue weighted by Gasteiger charge is 2.13. The van der Waals surface area contributed by atoms with Crippen molar-refractivity contribution in [1.82, 2.24) is 10.3 Å². The van der Waals surface area contributed by atoms with Gasteiger partial charge in [0.1, 0.15) is 5.75 Å². The van der Waals surface area contributed by atoms with Crippen LogP contribution >= 0.6 is 0 Å². The summed E-state index contributed by atoms with van der Waals surface area (Å²) >= 11 is 0. The quantitative estimate of drug-likeness (QED) is 0.700. The molecule has 1 unspecified atom stereocenters. The van der Waals surface area contributed by atoms with Crippen molar-refractivity contribution in [3.63, 3.8) is 0 Å². The third-order valence-electron chi connectivity index (χ3n) is 3.93. The second kappa shape index (κ2) is 8.72. The van der Waals surface area contributed by atoms with E-state index in [0.29, 0.717) is 6.61 Å². The highest BCUT2D eigenvalue weighted by molar-refractivity contribution is 5.91. The van der Waals surface area contributed by atoms with Gasteiger partial charge in [-0.25, -0.2) is 4.98 Å². The van der Waals surface area contributed by atoms with Gasteiger partial charge in [0.2, 0.25) is 5.76 Å². The SMILES string of the molecule is CCOc1ccc(C#Cc2ccc(C(C)NC(=O)c3cnco3)cc2)cc1. The van der Waals surface area contributed by atoms with Crippen LogP contribution in [-0.4, -0.2) is 17.5 Å². The number of carbonyl (C=O) groups is 1. The van der Waals surface area contributed by atoms with Crippen molar-refractivity contribution in [2.45, 2.75) is 19.9 Å². The molecule has 2 aromatic carbocycles. The van der Waals surface area contributed by atoms with E-state index >= 15 is 0 Å². The Labute approximate surface area is 158 Å². The number of nitrogens with zero attached hydrogens (tertiary/aromatic N) is 1. The van der Waals surface area contributed by atoms with E-state index < -0.39 is 0 Å². The Morgan fingerprint density at radius 3 is 2.30 bits per heavy atom. The maximum absolute atomic E-state index is 12.0. The monoisotopic (exact) mass is 360 g/mol. The van der Waals surface area contributed by atoms with E-state index in [1.807, 2.05) is 62.4 Å². The van der Waals surface area contributed by atoms with Gasteiger partial charge in [0.05, 0.1) is 18.8 Å². The Kier molecular flexibility index (Phi) is 5.91. The Balaban J connectivity index is 1.62. The molecular formula is C22H20N2O3. The maximum atomic E-state index is 12.0. The Hall–Kier alpha value is -3.52. The van der Waals surface area contributed by atoms with Crippen molar-refractivity contribution in [3.05, 3.63) is 83.6 Å². The molecule has 0 fully saturated rings. The topological polar surface area (TPSA) is 64.4 Å². The summed E-state index contributed by atoms with van der Waals surface area (Å²) in [6.45, 7) is 4.52. The largest absolute Gasteiger partial charge is 0.494 e. The van der Waals surface area contributed by atoms with Gasteiger partial charge in [-0.15, -0.1) is 0 Å². The highest BCUT2D eigenvalue weighted by Crippen LogP contribution is 2.15. The van der Waals surface area contributed by atoms with Crippen LogP contribution in [0.3, 0.4) is 0 Å². The molecule has 0 spiro atoms. The number of carbonyl (C=O) groups excluding carboxylic acids is 1. The number of benzene rings is 2. The fourth-order valence-corrected chi connectivity index (χ4v) is 2.48. The molecular weight excluding hydrogens is 340 g/mol. The molecule has 0 aliphatic heterocycles. The van der Waals surface area contributed by atoms with Crippen LogP contribution in [0.1, 0.15) is 47.1 Å². The van der Waals surface area contributed by atoms with Gasteiger partial charge in [0.25, 0.3) is 5.91 Å². The number of hydrogen-bond donors (Lipinski definition) is 1. The zero-order valence-corrected chi connectivity index (χ0v) is 15.2. The lowest BCUT2D eigenvalue weighted by molar-refractivity contribution is 0.0912. The van der Waals surface area contributed by atoms with Crippen LogP contribution < -0.4 is 10.1 Å². The van der Waals surface area contributed by atoms with Gasteiger partial charge in [-0.2, -0.15) is 0 Å². The summed E-state index contributed by atoms with van der Waals surface area (Å²) in [5.41, 5.74) is 2.81. The normalized spacial score (nSPS) is 11.2. The third kappa shape index (κ3) is 4.99. The summed E-state index contributed by atoms with van der Waals surface area (Å²) in [4.78, 5) is 15.7. The molecule has 0 bridgehead atoms. The molecule has 1 N–H and O–H groups in total. The van der Waals surface area contributed by atoms with Gasteiger partial charge in [-0.3, -0.25) is 4.79 Å². The standard InChI is InChI=1S/C22H20N2O3/c1-3-26-20-12-8-18(9-13-20)5-4-17-6-10-19(11-7-17)16(2)24-22(25)21-14-23-15-27-21/h6-16H,3H2,1-2H3,(H,24,25). The first-order chi connectivity index (χ1) is 13.2. The number of nitrogens with one attached hydrogen (secondary N) is 1. The molecule has 0 saturated carbocycles. The first-order valence-corrected chi connectivity index (χ1v) is 8.70. The van der Waals surface area contributed by atoms with E-state index in [2.05, 4.69) is 22.1 Å². The van der Waals surface area contributed by atoms with E-state index in [0.717, 1.165) is 22.4 Å². The molecule has 0 radical (unpaired) electrons. The van der Waals surface area contributed by atoms with Gasteiger partial charge in [0, 0.05) is 11.1 Å². The van der Waals surface area contributed by atoms with Crippen molar-refractivity contribution >= 4 is 5.91 Å². The molecule has 1 heterocycles. The lowest BCUT2D eigenvalue weighted by Crippen LogP contribution is -2.26. The van der Waals surface area contributed by atoms with Gasteiger partial charge in [0.15, 0.2) is 6.39 Å².